The Kier molecular flexibility index (Phi) is 8.57. The van der Waals surface area contributed by atoms with Crippen LogP contribution in [0, 0.1) is 19.8 Å². The molecule has 2 aliphatic rings. The predicted octanol–water partition coefficient (Wildman–Crippen LogP) is 2.89. The summed E-state index contributed by atoms with van der Waals surface area (Å²) in [5, 5.41) is 3.50. The first-order valence-electron chi connectivity index (χ1n) is 11.9. The average Bonchev–Trinajstić information content (AvgIpc) is 3.31. The maximum atomic E-state index is 5.75. The monoisotopic (exact) mass is 418 g/mol. The number of guanidine groups is 1. The van der Waals surface area contributed by atoms with Crippen LogP contribution in [0.3, 0.4) is 0 Å². The van der Waals surface area contributed by atoms with E-state index in [0.29, 0.717) is 12.0 Å². The van der Waals surface area contributed by atoms with E-state index in [1.807, 2.05) is 13.8 Å². The molecule has 30 heavy (non-hydrogen) atoms. The highest BCUT2D eigenvalue weighted by atomic mass is 16.4. The SMILES string of the molecule is CCNC(=NCC1CCN(Cc2nc(C)c(C)o2)CC1)N(C)CC1CCCN1CC. The van der Waals surface area contributed by atoms with Crippen LogP contribution in [-0.2, 0) is 6.54 Å². The van der Waals surface area contributed by atoms with E-state index in [2.05, 4.69) is 45.9 Å². The Balaban J connectivity index is 1.46. The number of aromatic nitrogens is 1. The second-order valence-electron chi connectivity index (χ2n) is 8.97. The van der Waals surface area contributed by atoms with Crippen LogP contribution in [0.1, 0.15) is 56.9 Å². The number of aryl methyl sites for hydroxylation is 2. The molecule has 2 aliphatic heterocycles. The van der Waals surface area contributed by atoms with Crippen LogP contribution in [0.2, 0.25) is 0 Å². The lowest BCUT2D eigenvalue weighted by Gasteiger charge is -2.32. The maximum Gasteiger partial charge on any atom is 0.208 e. The Morgan fingerprint density at radius 2 is 1.97 bits per heavy atom. The molecule has 170 valence electrons. The second-order valence-corrected chi connectivity index (χ2v) is 8.97. The third kappa shape index (κ3) is 6.20. The molecular formula is C23H42N6O. The molecule has 3 heterocycles. The molecule has 0 saturated carbocycles. The van der Waals surface area contributed by atoms with Gasteiger partial charge in [-0.3, -0.25) is 14.8 Å². The van der Waals surface area contributed by atoms with Crippen molar-refractivity contribution < 1.29 is 4.42 Å². The summed E-state index contributed by atoms with van der Waals surface area (Å²) in [6, 6.07) is 0.662. The zero-order valence-electron chi connectivity index (χ0n) is 19.8. The van der Waals surface area contributed by atoms with Gasteiger partial charge in [0, 0.05) is 32.7 Å². The molecule has 1 atom stereocenters. The van der Waals surface area contributed by atoms with E-state index in [1.54, 1.807) is 0 Å². The summed E-state index contributed by atoms with van der Waals surface area (Å²) in [6.45, 7) is 16.7. The van der Waals surface area contributed by atoms with Crippen molar-refractivity contribution >= 4 is 5.96 Å². The molecule has 0 amide bonds. The molecule has 0 bridgehead atoms. The van der Waals surface area contributed by atoms with Gasteiger partial charge < -0.3 is 14.6 Å². The van der Waals surface area contributed by atoms with Crippen LogP contribution < -0.4 is 5.32 Å². The smallest absolute Gasteiger partial charge is 0.208 e. The van der Waals surface area contributed by atoms with Crippen molar-refractivity contribution in [1.82, 2.24) is 25.0 Å². The van der Waals surface area contributed by atoms with Crippen LogP contribution in [-0.4, -0.2) is 84.5 Å². The molecule has 1 N–H and O–H groups in total. The minimum atomic E-state index is 0.662. The normalized spacial score (nSPS) is 22.0. The molecule has 0 aromatic carbocycles. The number of nitrogens with zero attached hydrogens (tertiary/aromatic N) is 5. The van der Waals surface area contributed by atoms with Crippen molar-refractivity contribution in [1.29, 1.82) is 0 Å². The van der Waals surface area contributed by atoms with Crippen molar-refractivity contribution in [2.45, 2.75) is 66.0 Å². The Morgan fingerprint density at radius 3 is 2.60 bits per heavy atom. The highest BCUT2D eigenvalue weighted by Gasteiger charge is 2.25. The van der Waals surface area contributed by atoms with E-state index in [-0.39, 0.29) is 0 Å². The summed E-state index contributed by atoms with van der Waals surface area (Å²) in [5.41, 5.74) is 1.01. The predicted molar refractivity (Wildman–Crippen MR) is 123 cm³/mol. The molecule has 2 saturated heterocycles. The summed E-state index contributed by atoms with van der Waals surface area (Å²) < 4.78 is 5.75. The van der Waals surface area contributed by atoms with Gasteiger partial charge in [0.1, 0.15) is 5.76 Å². The third-order valence-corrected chi connectivity index (χ3v) is 6.72. The first-order chi connectivity index (χ1) is 14.5. The first-order valence-corrected chi connectivity index (χ1v) is 11.9. The number of hydrogen-bond acceptors (Lipinski definition) is 5. The van der Waals surface area contributed by atoms with Gasteiger partial charge in [-0.1, -0.05) is 6.92 Å². The summed E-state index contributed by atoms with van der Waals surface area (Å²) in [7, 11) is 2.19. The molecule has 1 aromatic heterocycles. The molecule has 2 fully saturated rings. The summed E-state index contributed by atoms with van der Waals surface area (Å²) in [6.07, 6.45) is 5.01. The van der Waals surface area contributed by atoms with E-state index in [4.69, 9.17) is 9.41 Å². The maximum absolute atomic E-state index is 5.75. The van der Waals surface area contributed by atoms with E-state index < -0.39 is 0 Å². The lowest BCUT2D eigenvalue weighted by molar-refractivity contribution is 0.166. The van der Waals surface area contributed by atoms with Crippen molar-refractivity contribution in [3.05, 3.63) is 17.3 Å². The minimum Gasteiger partial charge on any atom is -0.444 e. The van der Waals surface area contributed by atoms with Crippen LogP contribution >= 0.6 is 0 Å². The van der Waals surface area contributed by atoms with Crippen LogP contribution in [0.5, 0.6) is 0 Å². The minimum absolute atomic E-state index is 0.662. The Bertz CT molecular complexity index is 660. The topological polar surface area (TPSA) is 60.1 Å². The zero-order valence-corrected chi connectivity index (χ0v) is 19.8. The van der Waals surface area contributed by atoms with Gasteiger partial charge in [-0.05, 0) is 78.6 Å². The summed E-state index contributed by atoms with van der Waals surface area (Å²) in [5.74, 6) is 3.52. The van der Waals surface area contributed by atoms with Crippen LogP contribution in [0.25, 0.3) is 0 Å². The molecule has 1 aromatic rings. The lowest BCUT2D eigenvalue weighted by Crippen LogP contribution is -2.46. The number of piperidine rings is 1. The fourth-order valence-corrected chi connectivity index (χ4v) is 4.73. The molecule has 3 rings (SSSR count). The van der Waals surface area contributed by atoms with Crippen molar-refractivity contribution in [2.75, 3.05) is 52.9 Å². The number of likely N-dealkylation sites (tertiary alicyclic amines) is 2. The molecule has 0 radical (unpaired) electrons. The van der Waals surface area contributed by atoms with Gasteiger partial charge in [-0.2, -0.15) is 0 Å². The van der Waals surface area contributed by atoms with Gasteiger partial charge >= 0.3 is 0 Å². The quantitative estimate of drug-likeness (QED) is 0.517. The van der Waals surface area contributed by atoms with Gasteiger partial charge in [-0.25, -0.2) is 4.98 Å². The summed E-state index contributed by atoms with van der Waals surface area (Å²) in [4.78, 5) is 16.9. The van der Waals surface area contributed by atoms with E-state index in [9.17, 15) is 0 Å². The van der Waals surface area contributed by atoms with E-state index >= 15 is 0 Å². The Morgan fingerprint density at radius 1 is 1.20 bits per heavy atom. The Labute approximate surface area is 182 Å². The summed E-state index contributed by atoms with van der Waals surface area (Å²) >= 11 is 0. The molecular weight excluding hydrogens is 376 g/mol. The van der Waals surface area contributed by atoms with Crippen LogP contribution in [0.4, 0.5) is 0 Å². The highest BCUT2D eigenvalue weighted by Crippen LogP contribution is 2.21. The average molecular weight is 419 g/mol. The first kappa shape index (κ1) is 23.1. The standard InChI is InChI=1S/C23H42N6O/c1-6-24-23(27(5)16-21-9-8-12-29(21)7-2)25-15-20-10-13-28(14-11-20)17-22-26-18(3)19(4)30-22/h20-21H,6-17H2,1-5H3,(H,24,25). The zero-order chi connectivity index (χ0) is 21.5. The van der Waals surface area contributed by atoms with Crippen LogP contribution in [0.15, 0.2) is 9.41 Å². The number of nitrogens with one attached hydrogen (secondary N) is 1. The van der Waals surface area contributed by atoms with Gasteiger partial charge in [0.05, 0.1) is 12.2 Å². The third-order valence-electron chi connectivity index (χ3n) is 6.72. The van der Waals surface area contributed by atoms with Crippen molar-refractivity contribution in [3.63, 3.8) is 0 Å². The van der Waals surface area contributed by atoms with Crippen molar-refractivity contribution in [3.8, 4) is 0 Å². The van der Waals surface area contributed by atoms with Gasteiger partial charge in [0.25, 0.3) is 0 Å². The molecule has 7 nitrogen and oxygen atoms in total. The van der Waals surface area contributed by atoms with Gasteiger partial charge in [0.15, 0.2) is 5.96 Å². The number of oxazole rings is 1. The number of hydrogen-bond donors (Lipinski definition) is 1. The second kappa shape index (κ2) is 11.1. The highest BCUT2D eigenvalue weighted by molar-refractivity contribution is 5.79. The molecule has 1 unspecified atom stereocenters. The number of likely N-dealkylation sites (N-methyl/N-ethyl adjacent to an activating group) is 2. The van der Waals surface area contributed by atoms with Gasteiger partial charge in [0.2, 0.25) is 5.89 Å². The van der Waals surface area contributed by atoms with E-state index in [0.717, 1.165) is 69.1 Å². The Hall–Kier alpha value is -1.60. The fraction of sp³-hybridized carbons (Fsp3) is 0.826. The van der Waals surface area contributed by atoms with Gasteiger partial charge in [-0.15, -0.1) is 0 Å². The molecule has 0 aliphatic carbocycles. The fourth-order valence-electron chi connectivity index (χ4n) is 4.73. The lowest BCUT2D eigenvalue weighted by atomic mass is 9.97. The number of aliphatic imine (C=N–C) groups is 1. The van der Waals surface area contributed by atoms with Crippen molar-refractivity contribution in [2.24, 2.45) is 10.9 Å². The largest absolute Gasteiger partial charge is 0.444 e. The molecule has 0 spiro atoms. The van der Waals surface area contributed by atoms with E-state index in [1.165, 1.54) is 32.2 Å². The number of rotatable bonds is 8. The molecule has 7 heteroatoms.